The van der Waals surface area contributed by atoms with E-state index in [1.807, 2.05) is 55.5 Å². The zero-order chi connectivity index (χ0) is 20.8. The van der Waals surface area contributed by atoms with Crippen molar-refractivity contribution in [1.29, 1.82) is 0 Å². The van der Waals surface area contributed by atoms with Gasteiger partial charge >= 0.3 is 0 Å². The number of benzene rings is 2. The molecule has 152 valence electrons. The molecule has 1 aromatic heterocycles. The largest absolute Gasteiger partial charge is 0.349 e. The molecule has 1 atom stereocenters. The third kappa shape index (κ3) is 5.48. The minimum Gasteiger partial charge on any atom is -0.349 e. The molecule has 3 rings (SSSR count). The Labute approximate surface area is 175 Å². The highest BCUT2D eigenvalue weighted by atomic mass is 32.2. The van der Waals surface area contributed by atoms with Crippen LogP contribution in [0.2, 0.25) is 0 Å². The molecule has 0 saturated carbocycles. The number of thioether (sulfide) groups is 1. The lowest BCUT2D eigenvalue weighted by Gasteiger charge is -2.16. The Kier molecular flexibility index (Phi) is 7.09. The molecule has 0 aliphatic carbocycles. The number of hydrogen-bond acceptors (Lipinski definition) is 4. The Morgan fingerprint density at radius 2 is 1.76 bits per heavy atom. The molecule has 0 bridgehead atoms. The van der Waals surface area contributed by atoms with Gasteiger partial charge in [0.25, 0.3) is 5.56 Å². The van der Waals surface area contributed by atoms with Crippen molar-refractivity contribution in [2.75, 3.05) is 5.75 Å². The van der Waals surface area contributed by atoms with E-state index in [2.05, 4.69) is 24.1 Å². The summed E-state index contributed by atoms with van der Waals surface area (Å²) in [6.07, 6.45) is 0.880. The van der Waals surface area contributed by atoms with Gasteiger partial charge < -0.3 is 5.32 Å². The fourth-order valence-corrected chi connectivity index (χ4v) is 3.92. The van der Waals surface area contributed by atoms with Crippen molar-refractivity contribution in [3.05, 3.63) is 70.5 Å². The molecule has 0 spiro atoms. The maximum Gasteiger partial charge on any atom is 0.262 e. The van der Waals surface area contributed by atoms with Gasteiger partial charge in [-0.25, -0.2) is 4.98 Å². The van der Waals surface area contributed by atoms with Crippen molar-refractivity contribution in [1.82, 2.24) is 14.9 Å². The lowest BCUT2D eigenvalue weighted by molar-refractivity contribution is -0.119. The third-order valence-electron chi connectivity index (χ3n) is 4.77. The molecule has 1 heterocycles. The highest BCUT2D eigenvalue weighted by Crippen LogP contribution is 2.19. The lowest BCUT2D eigenvalue weighted by Crippen LogP contribution is -2.29. The van der Waals surface area contributed by atoms with E-state index in [9.17, 15) is 9.59 Å². The van der Waals surface area contributed by atoms with Gasteiger partial charge in [-0.3, -0.25) is 14.2 Å². The van der Waals surface area contributed by atoms with Gasteiger partial charge in [-0.2, -0.15) is 0 Å². The minimum atomic E-state index is -0.0795. The summed E-state index contributed by atoms with van der Waals surface area (Å²) in [6.45, 7) is 6.82. The van der Waals surface area contributed by atoms with Crippen LogP contribution in [0.1, 0.15) is 38.8 Å². The number of carbonyl (C=O) groups is 1. The third-order valence-corrected chi connectivity index (χ3v) is 5.74. The molecule has 1 N–H and O–H groups in total. The first-order chi connectivity index (χ1) is 14.0. The van der Waals surface area contributed by atoms with Crippen LogP contribution in [0.15, 0.2) is 64.5 Å². The molecule has 0 fully saturated rings. The van der Waals surface area contributed by atoms with E-state index in [0.717, 1.165) is 12.0 Å². The Morgan fingerprint density at radius 1 is 1.07 bits per heavy atom. The average molecular weight is 410 g/mol. The van der Waals surface area contributed by atoms with Crippen LogP contribution in [0.5, 0.6) is 0 Å². The summed E-state index contributed by atoms with van der Waals surface area (Å²) in [7, 11) is 0. The molecule has 1 amide bonds. The molecule has 0 radical (unpaired) electrons. The van der Waals surface area contributed by atoms with Gasteiger partial charge in [0.15, 0.2) is 5.16 Å². The number of para-hydroxylation sites is 1. The zero-order valence-corrected chi connectivity index (χ0v) is 17.9. The van der Waals surface area contributed by atoms with E-state index in [0.29, 0.717) is 28.5 Å². The van der Waals surface area contributed by atoms with Crippen LogP contribution in [0, 0.1) is 5.92 Å². The molecular weight excluding hydrogens is 382 g/mol. The monoisotopic (exact) mass is 409 g/mol. The van der Waals surface area contributed by atoms with Crippen LogP contribution < -0.4 is 10.9 Å². The maximum atomic E-state index is 13.0. The number of fused-ring (bicyclic) bond motifs is 1. The van der Waals surface area contributed by atoms with E-state index in [-0.39, 0.29) is 23.3 Å². The van der Waals surface area contributed by atoms with Crippen molar-refractivity contribution in [3.63, 3.8) is 0 Å². The zero-order valence-electron chi connectivity index (χ0n) is 17.1. The van der Waals surface area contributed by atoms with Crippen molar-refractivity contribution >= 4 is 28.6 Å². The van der Waals surface area contributed by atoms with Gasteiger partial charge in [0.05, 0.1) is 22.7 Å². The first kappa shape index (κ1) is 21.1. The fourth-order valence-electron chi connectivity index (χ4n) is 3.08. The molecule has 6 heteroatoms. The number of rotatable bonds is 8. The van der Waals surface area contributed by atoms with E-state index >= 15 is 0 Å². The Balaban J connectivity index is 1.76. The number of aromatic nitrogens is 2. The minimum absolute atomic E-state index is 0.0446. The summed E-state index contributed by atoms with van der Waals surface area (Å²) in [5.74, 6) is 0.606. The predicted molar refractivity (Wildman–Crippen MR) is 119 cm³/mol. The second-order valence-corrected chi connectivity index (χ2v) is 8.48. The predicted octanol–water partition coefficient (Wildman–Crippen LogP) is 4.41. The smallest absolute Gasteiger partial charge is 0.262 e. The first-order valence-electron chi connectivity index (χ1n) is 9.92. The van der Waals surface area contributed by atoms with Crippen LogP contribution in [0.4, 0.5) is 0 Å². The van der Waals surface area contributed by atoms with E-state index in [1.54, 1.807) is 10.6 Å². The van der Waals surface area contributed by atoms with Gasteiger partial charge in [0.1, 0.15) is 0 Å². The topological polar surface area (TPSA) is 64.0 Å². The van der Waals surface area contributed by atoms with Crippen LogP contribution in [-0.4, -0.2) is 21.2 Å². The first-order valence-corrected chi connectivity index (χ1v) is 10.9. The Hall–Kier alpha value is -2.60. The average Bonchev–Trinajstić information content (AvgIpc) is 2.72. The number of amides is 1. The van der Waals surface area contributed by atoms with E-state index in [1.165, 1.54) is 11.8 Å². The van der Waals surface area contributed by atoms with Crippen LogP contribution in [-0.2, 0) is 11.3 Å². The van der Waals surface area contributed by atoms with Gasteiger partial charge in [-0.15, -0.1) is 0 Å². The molecule has 29 heavy (non-hydrogen) atoms. The van der Waals surface area contributed by atoms with E-state index < -0.39 is 0 Å². The molecular formula is C23H27N3O2S. The van der Waals surface area contributed by atoms with Gasteiger partial charge in [0.2, 0.25) is 5.91 Å². The highest BCUT2D eigenvalue weighted by molar-refractivity contribution is 7.99. The Morgan fingerprint density at radius 3 is 2.48 bits per heavy atom. The molecule has 0 unspecified atom stereocenters. The second-order valence-electron chi connectivity index (χ2n) is 7.54. The summed E-state index contributed by atoms with van der Waals surface area (Å²) >= 11 is 1.31. The maximum absolute atomic E-state index is 13.0. The quantitative estimate of drug-likeness (QED) is 0.442. The van der Waals surface area contributed by atoms with Crippen molar-refractivity contribution in [3.8, 4) is 0 Å². The SMILES string of the molecule is CC(C)CCn1c(SCC(=O)N[C@H](C)c2ccccc2)nc2ccccc2c1=O. The number of nitrogens with one attached hydrogen (secondary N) is 1. The number of nitrogens with zero attached hydrogens (tertiary/aromatic N) is 2. The summed E-state index contributed by atoms with van der Waals surface area (Å²) in [5, 5.41) is 4.22. The van der Waals surface area contributed by atoms with Gasteiger partial charge in [-0.1, -0.05) is 68.1 Å². The number of hydrogen-bond donors (Lipinski definition) is 1. The molecule has 5 nitrogen and oxygen atoms in total. The molecule has 0 aliphatic heterocycles. The normalized spacial score (nSPS) is 12.3. The second kappa shape index (κ2) is 9.74. The lowest BCUT2D eigenvalue weighted by atomic mass is 10.1. The molecule has 0 saturated heterocycles. The van der Waals surface area contributed by atoms with Crippen LogP contribution in [0.25, 0.3) is 10.9 Å². The fraction of sp³-hybridized carbons (Fsp3) is 0.348. The highest BCUT2D eigenvalue weighted by Gasteiger charge is 2.15. The summed E-state index contributed by atoms with van der Waals surface area (Å²) in [5.41, 5.74) is 1.68. The summed E-state index contributed by atoms with van der Waals surface area (Å²) < 4.78 is 1.71. The van der Waals surface area contributed by atoms with Gasteiger partial charge in [0, 0.05) is 6.54 Å². The van der Waals surface area contributed by atoms with Crippen molar-refractivity contribution in [2.45, 2.75) is 44.9 Å². The summed E-state index contributed by atoms with van der Waals surface area (Å²) in [4.78, 5) is 30.1. The molecule has 2 aromatic carbocycles. The van der Waals surface area contributed by atoms with E-state index in [4.69, 9.17) is 0 Å². The standard InChI is InChI=1S/C23H27N3O2S/c1-16(2)13-14-26-22(28)19-11-7-8-12-20(19)25-23(26)29-15-21(27)24-17(3)18-9-5-4-6-10-18/h4-12,16-17H,13-15H2,1-3H3,(H,24,27)/t17-/m1/s1. The molecule has 0 aliphatic rings. The van der Waals surface area contributed by atoms with Crippen LogP contribution >= 0.6 is 11.8 Å². The number of carbonyl (C=O) groups excluding carboxylic acids is 1. The van der Waals surface area contributed by atoms with Crippen molar-refractivity contribution in [2.24, 2.45) is 5.92 Å². The van der Waals surface area contributed by atoms with Crippen molar-refractivity contribution < 1.29 is 4.79 Å². The summed E-state index contributed by atoms with van der Waals surface area (Å²) in [6, 6.07) is 17.1. The van der Waals surface area contributed by atoms with Crippen LogP contribution in [0.3, 0.4) is 0 Å². The molecule has 3 aromatic rings. The van der Waals surface area contributed by atoms with Gasteiger partial charge in [-0.05, 0) is 37.0 Å². The Bertz CT molecular complexity index is 1030.